The highest BCUT2D eigenvalue weighted by atomic mass is 32.2. The molecule has 0 aromatic carbocycles. The molecule has 2 rings (SSSR count). The van der Waals surface area contributed by atoms with Gasteiger partial charge in [-0.2, -0.15) is 11.8 Å². The Bertz CT molecular complexity index is 227. The fourth-order valence-corrected chi connectivity index (χ4v) is 4.24. The van der Waals surface area contributed by atoms with Gasteiger partial charge in [0.1, 0.15) is 0 Å². The fourth-order valence-electron chi connectivity index (χ4n) is 3.50. The summed E-state index contributed by atoms with van der Waals surface area (Å²) in [6, 6.07) is 1.65. The van der Waals surface area contributed by atoms with Crippen molar-refractivity contribution in [1.82, 2.24) is 10.2 Å². The molecular formula is C15H30N2S. The first-order valence-electron chi connectivity index (χ1n) is 7.83. The maximum Gasteiger partial charge on any atom is 0.0195 e. The van der Waals surface area contributed by atoms with E-state index in [0.717, 1.165) is 17.3 Å². The summed E-state index contributed by atoms with van der Waals surface area (Å²) in [6.45, 7) is 6.10. The zero-order valence-electron chi connectivity index (χ0n) is 12.2. The average Bonchev–Trinajstić information content (AvgIpc) is 2.45. The fraction of sp³-hybridized carbons (Fsp3) is 1.00. The van der Waals surface area contributed by atoms with Crippen LogP contribution >= 0.6 is 11.8 Å². The number of hydrogen-bond acceptors (Lipinski definition) is 3. The van der Waals surface area contributed by atoms with Gasteiger partial charge in [-0.05, 0) is 64.3 Å². The van der Waals surface area contributed by atoms with Crippen molar-refractivity contribution in [1.29, 1.82) is 0 Å². The van der Waals surface area contributed by atoms with Gasteiger partial charge >= 0.3 is 0 Å². The zero-order valence-corrected chi connectivity index (χ0v) is 13.0. The van der Waals surface area contributed by atoms with Crippen LogP contribution < -0.4 is 5.32 Å². The van der Waals surface area contributed by atoms with Crippen molar-refractivity contribution >= 4 is 11.8 Å². The number of hydrogen-bond donors (Lipinski definition) is 1. The van der Waals surface area contributed by atoms with Crippen LogP contribution in [0.3, 0.4) is 0 Å². The molecule has 0 aromatic heterocycles. The predicted octanol–water partition coefficient (Wildman–Crippen LogP) is 3.12. The molecule has 1 N–H and O–H groups in total. The van der Waals surface area contributed by atoms with Crippen LogP contribution in [0.15, 0.2) is 0 Å². The van der Waals surface area contributed by atoms with Crippen LogP contribution in [0, 0.1) is 0 Å². The van der Waals surface area contributed by atoms with Gasteiger partial charge in [-0.1, -0.05) is 6.92 Å². The third kappa shape index (κ3) is 4.14. The van der Waals surface area contributed by atoms with E-state index in [-0.39, 0.29) is 0 Å². The van der Waals surface area contributed by atoms with Crippen molar-refractivity contribution in [3.63, 3.8) is 0 Å². The summed E-state index contributed by atoms with van der Waals surface area (Å²) in [5.41, 5.74) is 0. The van der Waals surface area contributed by atoms with Gasteiger partial charge in [0, 0.05) is 23.9 Å². The van der Waals surface area contributed by atoms with Crippen LogP contribution in [0.2, 0.25) is 0 Å². The molecule has 106 valence electrons. The molecule has 0 spiro atoms. The molecule has 3 heteroatoms. The second-order valence-electron chi connectivity index (χ2n) is 5.95. The Morgan fingerprint density at radius 1 is 1.17 bits per heavy atom. The number of piperidine rings is 1. The highest BCUT2D eigenvalue weighted by Gasteiger charge is 2.28. The maximum atomic E-state index is 3.71. The van der Waals surface area contributed by atoms with E-state index in [0.29, 0.717) is 0 Å². The molecule has 2 nitrogen and oxygen atoms in total. The second kappa shape index (κ2) is 7.76. The van der Waals surface area contributed by atoms with E-state index in [9.17, 15) is 0 Å². The quantitative estimate of drug-likeness (QED) is 0.826. The van der Waals surface area contributed by atoms with Gasteiger partial charge in [-0.3, -0.25) is 4.90 Å². The molecule has 1 aliphatic carbocycles. The van der Waals surface area contributed by atoms with Crippen molar-refractivity contribution in [2.24, 2.45) is 0 Å². The molecule has 0 amide bonds. The summed E-state index contributed by atoms with van der Waals surface area (Å²) >= 11 is 2.08. The molecule has 18 heavy (non-hydrogen) atoms. The van der Waals surface area contributed by atoms with Crippen molar-refractivity contribution in [3.05, 3.63) is 0 Å². The first-order valence-corrected chi connectivity index (χ1v) is 9.12. The average molecular weight is 270 g/mol. The van der Waals surface area contributed by atoms with Gasteiger partial charge in [0.05, 0.1) is 0 Å². The minimum absolute atomic E-state index is 0.761. The van der Waals surface area contributed by atoms with E-state index in [2.05, 4.69) is 35.2 Å². The molecule has 1 aliphatic heterocycles. The van der Waals surface area contributed by atoms with Gasteiger partial charge in [-0.25, -0.2) is 0 Å². The number of likely N-dealkylation sites (tertiary alicyclic amines) is 1. The van der Waals surface area contributed by atoms with Gasteiger partial charge < -0.3 is 5.32 Å². The molecular weight excluding hydrogens is 240 g/mol. The Kier molecular flexibility index (Phi) is 6.33. The predicted molar refractivity (Wildman–Crippen MR) is 82.4 cm³/mol. The van der Waals surface area contributed by atoms with Crippen LogP contribution in [0.1, 0.15) is 51.9 Å². The third-order valence-electron chi connectivity index (χ3n) is 4.63. The van der Waals surface area contributed by atoms with Crippen molar-refractivity contribution < 1.29 is 0 Å². The zero-order chi connectivity index (χ0) is 12.8. The summed E-state index contributed by atoms with van der Waals surface area (Å²) in [5, 5.41) is 4.66. The van der Waals surface area contributed by atoms with Crippen molar-refractivity contribution in [3.8, 4) is 0 Å². The van der Waals surface area contributed by atoms with E-state index in [4.69, 9.17) is 0 Å². The summed E-state index contributed by atoms with van der Waals surface area (Å²) in [5.74, 6) is 0. The topological polar surface area (TPSA) is 15.3 Å². The van der Waals surface area contributed by atoms with Crippen LogP contribution in [0.25, 0.3) is 0 Å². The molecule has 2 aliphatic rings. The lowest BCUT2D eigenvalue weighted by atomic mass is 9.91. The van der Waals surface area contributed by atoms with Crippen molar-refractivity contribution in [2.75, 3.05) is 25.9 Å². The molecule has 0 aromatic rings. The summed E-state index contributed by atoms with van der Waals surface area (Å²) in [4.78, 5) is 2.79. The van der Waals surface area contributed by atoms with E-state index in [1.54, 1.807) is 0 Å². The molecule has 0 bridgehead atoms. The lowest BCUT2D eigenvalue weighted by Crippen LogP contribution is -2.50. The molecule has 1 heterocycles. The molecule has 1 saturated heterocycles. The Labute approximate surface area is 117 Å². The Hall–Kier alpha value is 0.270. The Morgan fingerprint density at radius 2 is 1.94 bits per heavy atom. The third-order valence-corrected chi connectivity index (χ3v) is 5.77. The van der Waals surface area contributed by atoms with Gasteiger partial charge in [0.15, 0.2) is 0 Å². The minimum Gasteiger partial charge on any atom is -0.313 e. The summed E-state index contributed by atoms with van der Waals surface area (Å²) in [6.07, 6.45) is 12.1. The van der Waals surface area contributed by atoms with Crippen LogP contribution in [-0.4, -0.2) is 48.1 Å². The first kappa shape index (κ1) is 14.7. The molecule has 0 radical (unpaired) electrons. The summed E-state index contributed by atoms with van der Waals surface area (Å²) < 4.78 is 0. The standard InChI is InChI=1S/C15H30N2S/c1-3-10-16-13-5-4-11-17(12-13)14-6-8-15(18-2)9-7-14/h13-16H,3-12H2,1-2H3. The Morgan fingerprint density at radius 3 is 2.61 bits per heavy atom. The molecule has 1 saturated carbocycles. The highest BCUT2D eigenvalue weighted by Crippen LogP contribution is 2.30. The van der Waals surface area contributed by atoms with Gasteiger partial charge in [-0.15, -0.1) is 0 Å². The Balaban J connectivity index is 1.75. The van der Waals surface area contributed by atoms with E-state index in [1.165, 1.54) is 64.6 Å². The van der Waals surface area contributed by atoms with Gasteiger partial charge in [0.25, 0.3) is 0 Å². The number of thioether (sulfide) groups is 1. The molecule has 2 fully saturated rings. The second-order valence-corrected chi connectivity index (χ2v) is 7.09. The first-order chi connectivity index (χ1) is 8.83. The van der Waals surface area contributed by atoms with Crippen LogP contribution in [0.5, 0.6) is 0 Å². The monoisotopic (exact) mass is 270 g/mol. The van der Waals surface area contributed by atoms with E-state index in [1.807, 2.05) is 0 Å². The highest BCUT2D eigenvalue weighted by molar-refractivity contribution is 7.99. The molecule has 1 unspecified atom stereocenters. The van der Waals surface area contributed by atoms with Crippen LogP contribution in [0.4, 0.5) is 0 Å². The van der Waals surface area contributed by atoms with Crippen LogP contribution in [-0.2, 0) is 0 Å². The van der Waals surface area contributed by atoms with E-state index < -0.39 is 0 Å². The lowest BCUT2D eigenvalue weighted by molar-refractivity contribution is 0.111. The largest absolute Gasteiger partial charge is 0.313 e. The lowest BCUT2D eigenvalue weighted by Gasteiger charge is -2.41. The molecule has 1 atom stereocenters. The maximum absolute atomic E-state index is 3.71. The number of nitrogens with one attached hydrogen (secondary N) is 1. The van der Waals surface area contributed by atoms with Gasteiger partial charge in [0.2, 0.25) is 0 Å². The summed E-state index contributed by atoms with van der Waals surface area (Å²) in [7, 11) is 0. The number of nitrogens with zero attached hydrogens (tertiary/aromatic N) is 1. The normalized spacial score (nSPS) is 34.7. The smallest absolute Gasteiger partial charge is 0.0195 e. The van der Waals surface area contributed by atoms with E-state index >= 15 is 0 Å². The number of rotatable bonds is 5. The SMILES string of the molecule is CCCNC1CCCN(C2CCC(SC)CC2)C1. The minimum atomic E-state index is 0.761. The van der Waals surface area contributed by atoms with Crippen molar-refractivity contribution in [2.45, 2.75) is 69.2 Å².